The van der Waals surface area contributed by atoms with Crippen LogP contribution in [0.2, 0.25) is 0 Å². The number of thiophene rings is 1. The second kappa shape index (κ2) is 6.25. The fourth-order valence-corrected chi connectivity index (χ4v) is 3.93. The molecule has 2 aromatic heterocycles. The summed E-state index contributed by atoms with van der Waals surface area (Å²) in [6.07, 6.45) is 2.12. The van der Waals surface area contributed by atoms with Gasteiger partial charge in [-0.05, 0) is 23.6 Å². The van der Waals surface area contributed by atoms with Gasteiger partial charge in [0.1, 0.15) is 23.6 Å². The third-order valence-electron chi connectivity index (χ3n) is 4.31. The number of aromatic nitrogens is 2. The molecule has 1 unspecified atom stereocenters. The molecule has 1 atom stereocenters. The Morgan fingerprint density at radius 1 is 1.28 bits per heavy atom. The topological polar surface area (TPSA) is 65.4 Å². The van der Waals surface area contributed by atoms with E-state index in [9.17, 15) is 4.79 Å². The SMILES string of the molecule is COc1ccc(OC)c(-n2cnc3c2NC(=O)CC3c2cccs2)c1. The van der Waals surface area contributed by atoms with E-state index in [1.54, 1.807) is 31.9 Å². The molecule has 3 aromatic rings. The average Bonchev–Trinajstić information content (AvgIpc) is 3.30. The lowest BCUT2D eigenvalue weighted by atomic mass is 9.96. The Labute approximate surface area is 149 Å². The van der Waals surface area contributed by atoms with Gasteiger partial charge in [0, 0.05) is 23.3 Å². The number of nitrogens with zero attached hydrogens (tertiary/aromatic N) is 2. The minimum atomic E-state index is -0.0263. The summed E-state index contributed by atoms with van der Waals surface area (Å²) in [4.78, 5) is 18.0. The van der Waals surface area contributed by atoms with Crippen molar-refractivity contribution in [2.24, 2.45) is 0 Å². The van der Waals surface area contributed by atoms with E-state index in [4.69, 9.17) is 9.47 Å². The maximum absolute atomic E-state index is 12.3. The first kappa shape index (κ1) is 15.7. The van der Waals surface area contributed by atoms with Crippen LogP contribution in [0.1, 0.15) is 22.9 Å². The molecule has 4 rings (SSSR count). The van der Waals surface area contributed by atoms with Crippen LogP contribution in [0.25, 0.3) is 5.69 Å². The number of rotatable bonds is 4. The number of hydrogen-bond acceptors (Lipinski definition) is 5. The Hall–Kier alpha value is -2.80. The summed E-state index contributed by atoms with van der Waals surface area (Å²) in [5.41, 5.74) is 1.63. The summed E-state index contributed by atoms with van der Waals surface area (Å²) in [6, 6.07) is 9.57. The maximum Gasteiger partial charge on any atom is 0.226 e. The van der Waals surface area contributed by atoms with Crippen molar-refractivity contribution in [2.75, 3.05) is 19.5 Å². The minimum Gasteiger partial charge on any atom is -0.497 e. The molecule has 1 N–H and O–H groups in total. The van der Waals surface area contributed by atoms with Crippen molar-refractivity contribution >= 4 is 23.1 Å². The van der Waals surface area contributed by atoms with Crippen molar-refractivity contribution in [3.05, 3.63) is 52.6 Å². The Kier molecular flexibility index (Phi) is 3.93. The number of carbonyl (C=O) groups excluding carboxylic acids is 1. The van der Waals surface area contributed by atoms with Gasteiger partial charge in [-0.3, -0.25) is 9.36 Å². The highest BCUT2D eigenvalue weighted by atomic mass is 32.1. The van der Waals surface area contributed by atoms with Crippen LogP contribution < -0.4 is 14.8 Å². The molecule has 6 nitrogen and oxygen atoms in total. The molecule has 0 saturated heterocycles. The molecule has 0 spiro atoms. The van der Waals surface area contributed by atoms with E-state index in [1.165, 1.54) is 0 Å². The number of anilines is 1. The number of fused-ring (bicyclic) bond motifs is 1. The number of benzene rings is 1. The summed E-state index contributed by atoms with van der Waals surface area (Å²) in [5, 5.41) is 4.97. The van der Waals surface area contributed by atoms with Crippen molar-refractivity contribution in [1.82, 2.24) is 9.55 Å². The summed E-state index contributed by atoms with van der Waals surface area (Å²) in [7, 11) is 3.23. The number of ether oxygens (including phenoxy) is 2. The highest BCUT2D eigenvalue weighted by molar-refractivity contribution is 7.10. The molecule has 0 fully saturated rings. The molecular formula is C18H17N3O3S. The zero-order valence-corrected chi connectivity index (χ0v) is 14.7. The third kappa shape index (κ3) is 2.66. The molecule has 1 aromatic carbocycles. The van der Waals surface area contributed by atoms with E-state index in [0.29, 0.717) is 23.7 Å². The number of carbonyl (C=O) groups is 1. The Morgan fingerprint density at radius 3 is 2.88 bits per heavy atom. The minimum absolute atomic E-state index is 0.0190. The predicted molar refractivity (Wildman–Crippen MR) is 96.1 cm³/mol. The normalized spacial score (nSPS) is 16.2. The average molecular weight is 355 g/mol. The van der Waals surface area contributed by atoms with Gasteiger partial charge in [0.15, 0.2) is 0 Å². The quantitative estimate of drug-likeness (QED) is 0.779. The lowest BCUT2D eigenvalue weighted by Gasteiger charge is -2.22. The van der Waals surface area contributed by atoms with Crippen molar-refractivity contribution in [2.45, 2.75) is 12.3 Å². The fraction of sp³-hybridized carbons (Fsp3) is 0.222. The largest absolute Gasteiger partial charge is 0.497 e. The number of methoxy groups -OCH3 is 2. The second-order valence-corrected chi connectivity index (χ2v) is 6.69. The van der Waals surface area contributed by atoms with Gasteiger partial charge in [-0.15, -0.1) is 11.3 Å². The van der Waals surface area contributed by atoms with Gasteiger partial charge in [-0.1, -0.05) is 6.07 Å². The molecule has 1 aliphatic rings. The van der Waals surface area contributed by atoms with Crippen LogP contribution in [0.5, 0.6) is 11.5 Å². The fourth-order valence-electron chi connectivity index (χ4n) is 3.10. The van der Waals surface area contributed by atoms with Crippen LogP contribution in [0.3, 0.4) is 0 Å². The maximum atomic E-state index is 12.3. The van der Waals surface area contributed by atoms with Crippen molar-refractivity contribution in [3.8, 4) is 17.2 Å². The summed E-state index contributed by atoms with van der Waals surface area (Å²) >= 11 is 1.64. The summed E-state index contributed by atoms with van der Waals surface area (Å²) in [5.74, 6) is 2.01. The van der Waals surface area contributed by atoms with E-state index in [-0.39, 0.29) is 11.8 Å². The zero-order chi connectivity index (χ0) is 17.4. The number of hydrogen-bond donors (Lipinski definition) is 1. The van der Waals surface area contributed by atoms with Crippen molar-refractivity contribution in [3.63, 3.8) is 0 Å². The van der Waals surface area contributed by atoms with Gasteiger partial charge in [0.05, 0.1) is 25.6 Å². The van der Waals surface area contributed by atoms with E-state index in [2.05, 4.69) is 10.3 Å². The Balaban J connectivity index is 1.86. The molecule has 0 aliphatic carbocycles. The smallest absolute Gasteiger partial charge is 0.226 e. The molecular weight excluding hydrogens is 338 g/mol. The van der Waals surface area contributed by atoms with Gasteiger partial charge < -0.3 is 14.8 Å². The van der Waals surface area contributed by atoms with E-state index >= 15 is 0 Å². The van der Waals surface area contributed by atoms with Crippen LogP contribution >= 0.6 is 11.3 Å². The highest BCUT2D eigenvalue weighted by Crippen LogP contribution is 2.40. The van der Waals surface area contributed by atoms with Crippen LogP contribution in [-0.4, -0.2) is 29.7 Å². The molecule has 1 amide bonds. The van der Waals surface area contributed by atoms with E-state index in [0.717, 1.165) is 16.3 Å². The number of amides is 1. The van der Waals surface area contributed by atoms with Gasteiger partial charge in [0.2, 0.25) is 5.91 Å². The Morgan fingerprint density at radius 2 is 2.16 bits per heavy atom. The summed E-state index contributed by atoms with van der Waals surface area (Å²) < 4.78 is 12.6. The molecule has 0 radical (unpaired) electrons. The van der Waals surface area contributed by atoms with E-state index in [1.807, 2.05) is 40.3 Å². The number of nitrogens with one attached hydrogen (secondary N) is 1. The zero-order valence-electron chi connectivity index (χ0n) is 13.9. The third-order valence-corrected chi connectivity index (χ3v) is 5.29. The molecule has 128 valence electrons. The molecule has 3 heterocycles. The standard InChI is InChI=1S/C18H17N3O3S/c1-23-11-5-6-14(24-2)13(8-11)21-10-19-17-12(15-4-3-7-25-15)9-16(22)20-18(17)21/h3-8,10,12H,9H2,1-2H3,(H,20,22). The molecule has 0 bridgehead atoms. The molecule has 25 heavy (non-hydrogen) atoms. The first-order chi connectivity index (χ1) is 12.2. The Bertz CT molecular complexity index is 918. The van der Waals surface area contributed by atoms with Gasteiger partial charge >= 0.3 is 0 Å². The van der Waals surface area contributed by atoms with Crippen LogP contribution in [0.4, 0.5) is 5.82 Å². The van der Waals surface area contributed by atoms with Gasteiger partial charge in [-0.2, -0.15) is 0 Å². The monoisotopic (exact) mass is 355 g/mol. The first-order valence-electron chi connectivity index (χ1n) is 7.84. The molecule has 7 heteroatoms. The first-order valence-corrected chi connectivity index (χ1v) is 8.72. The van der Waals surface area contributed by atoms with Crippen LogP contribution in [0.15, 0.2) is 42.0 Å². The molecule has 1 aliphatic heterocycles. The van der Waals surface area contributed by atoms with Gasteiger partial charge in [-0.25, -0.2) is 4.98 Å². The molecule has 0 saturated carbocycles. The number of imidazole rings is 1. The lowest BCUT2D eigenvalue weighted by molar-refractivity contribution is -0.116. The van der Waals surface area contributed by atoms with Crippen LogP contribution in [-0.2, 0) is 4.79 Å². The van der Waals surface area contributed by atoms with Crippen LogP contribution in [0, 0.1) is 0 Å². The van der Waals surface area contributed by atoms with Crippen molar-refractivity contribution < 1.29 is 14.3 Å². The van der Waals surface area contributed by atoms with E-state index < -0.39 is 0 Å². The predicted octanol–water partition coefficient (Wildman–Crippen LogP) is 3.43. The highest BCUT2D eigenvalue weighted by Gasteiger charge is 2.32. The second-order valence-electron chi connectivity index (χ2n) is 5.71. The summed E-state index contributed by atoms with van der Waals surface area (Å²) in [6.45, 7) is 0. The van der Waals surface area contributed by atoms with Gasteiger partial charge in [0.25, 0.3) is 0 Å². The van der Waals surface area contributed by atoms with Crippen molar-refractivity contribution in [1.29, 1.82) is 0 Å². The lowest BCUT2D eigenvalue weighted by Crippen LogP contribution is -2.24.